The number of carbonyl (C=O) groups excluding carboxylic acids is 2. The minimum atomic E-state index is -0.998. The van der Waals surface area contributed by atoms with Crippen molar-refractivity contribution in [1.29, 1.82) is 0 Å². The van der Waals surface area contributed by atoms with Gasteiger partial charge in [-0.2, -0.15) is 0 Å². The molecule has 290 valence electrons. The molecule has 2 saturated heterocycles. The number of piperidine rings is 1. The number of nitrogens with zero attached hydrogens (tertiary/aromatic N) is 1. The molecule has 0 radical (unpaired) electrons. The summed E-state index contributed by atoms with van der Waals surface area (Å²) < 4.78 is 13.8. The Labute approximate surface area is 319 Å². The zero-order valence-electron chi connectivity index (χ0n) is 32.1. The molecular weight excluding hydrogens is 682 g/mol. The molecule has 7 atom stereocenters. The molecule has 10 nitrogen and oxygen atoms in total. The van der Waals surface area contributed by atoms with Crippen molar-refractivity contribution in [3.05, 3.63) is 95.1 Å². The number of aliphatic carboxylic acids is 1. The van der Waals surface area contributed by atoms with Gasteiger partial charge in [-0.15, -0.1) is 0 Å². The molecule has 2 amide bonds. The summed E-state index contributed by atoms with van der Waals surface area (Å²) in [5.74, 6) is -0.654. The molecule has 0 bridgehead atoms. The quantitative estimate of drug-likeness (QED) is 0.155. The van der Waals surface area contributed by atoms with Crippen LogP contribution in [0.1, 0.15) is 114 Å². The number of hydrogen-bond donors (Lipinski definition) is 4. The van der Waals surface area contributed by atoms with Crippen LogP contribution in [0.5, 0.6) is 0 Å². The van der Waals surface area contributed by atoms with Crippen LogP contribution in [0.4, 0.5) is 0 Å². The standard InChI is InChI=1S/C44H57N3O7/c1-28-38(26-47-36-14-6-5-10-31(36)19-20-37(47)42(52)46-44(2,3)4)53-43(54-41(28)32-17-15-29(27-48)16-18-32)35-13-8-12-34(24-35)33-11-7-9-30(23-33)25-45-39(49)21-22-40(50)51/h7-9,11-13,15-18,23-24,28,31,36-38,41,43,48H,5-6,10,14,19-22,25-27H2,1-4H3,(H,45,49)(H,46,52)(H,50,51). The van der Waals surface area contributed by atoms with Gasteiger partial charge in [-0.1, -0.05) is 80.4 Å². The van der Waals surface area contributed by atoms with E-state index in [1.807, 2.05) is 87.5 Å². The number of rotatable bonds is 12. The van der Waals surface area contributed by atoms with E-state index in [0.717, 1.165) is 52.6 Å². The van der Waals surface area contributed by atoms with Gasteiger partial charge in [-0.05, 0) is 92.3 Å². The molecule has 3 aliphatic rings. The number of benzene rings is 3. The lowest BCUT2D eigenvalue weighted by Crippen LogP contribution is -2.61. The predicted octanol–water partition coefficient (Wildman–Crippen LogP) is 7.06. The molecule has 10 heteroatoms. The number of carboxylic acids is 1. The normalized spacial score (nSPS) is 26.1. The van der Waals surface area contributed by atoms with Crippen molar-refractivity contribution in [3.8, 4) is 11.1 Å². The van der Waals surface area contributed by atoms with E-state index in [0.29, 0.717) is 25.0 Å². The molecule has 2 heterocycles. The van der Waals surface area contributed by atoms with E-state index in [1.165, 1.54) is 19.3 Å². The van der Waals surface area contributed by atoms with Crippen LogP contribution in [-0.2, 0) is 37.0 Å². The Hall–Kier alpha value is -4.09. The van der Waals surface area contributed by atoms with Crippen molar-refractivity contribution in [2.24, 2.45) is 11.8 Å². The molecule has 3 aromatic carbocycles. The second-order valence-corrected chi connectivity index (χ2v) is 16.5. The molecule has 1 aliphatic carbocycles. The van der Waals surface area contributed by atoms with Gasteiger partial charge >= 0.3 is 5.97 Å². The fourth-order valence-electron chi connectivity index (χ4n) is 8.50. The smallest absolute Gasteiger partial charge is 0.303 e. The molecule has 3 aromatic rings. The predicted molar refractivity (Wildman–Crippen MR) is 207 cm³/mol. The van der Waals surface area contributed by atoms with Crippen LogP contribution in [0.3, 0.4) is 0 Å². The monoisotopic (exact) mass is 739 g/mol. The van der Waals surface area contributed by atoms with Crippen LogP contribution in [0, 0.1) is 11.8 Å². The van der Waals surface area contributed by atoms with Crippen LogP contribution in [0.2, 0.25) is 0 Å². The van der Waals surface area contributed by atoms with E-state index < -0.39 is 12.3 Å². The molecule has 7 unspecified atom stereocenters. The van der Waals surface area contributed by atoms with Crippen LogP contribution in [0.25, 0.3) is 11.1 Å². The largest absolute Gasteiger partial charge is 0.481 e. The van der Waals surface area contributed by atoms with Crippen molar-refractivity contribution < 1.29 is 34.1 Å². The van der Waals surface area contributed by atoms with Gasteiger partial charge in [0.25, 0.3) is 0 Å². The fourth-order valence-corrected chi connectivity index (χ4v) is 8.50. The molecule has 1 saturated carbocycles. The van der Waals surface area contributed by atoms with Crippen LogP contribution < -0.4 is 10.6 Å². The molecular formula is C44H57N3O7. The summed E-state index contributed by atoms with van der Waals surface area (Å²) in [5.41, 5.74) is 5.25. The first kappa shape index (κ1) is 39.6. The van der Waals surface area contributed by atoms with Gasteiger partial charge in [0, 0.05) is 42.6 Å². The summed E-state index contributed by atoms with van der Waals surface area (Å²) in [6, 6.07) is 24.1. The van der Waals surface area contributed by atoms with Gasteiger partial charge in [0.05, 0.1) is 31.3 Å². The Morgan fingerprint density at radius 3 is 2.28 bits per heavy atom. The summed E-state index contributed by atoms with van der Waals surface area (Å²) in [7, 11) is 0. The molecule has 0 aromatic heterocycles. The number of aliphatic hydroxyl groups is 1. The third kappa shape index (κ3) is 9.96. The van der Waals surface area contributed by atoms with Gasteiger partial charge in [0.1, 0.15) is 0 Å². The number of ether oxygens (including phenoxy) is 2. The Kier molecular flexibility index (Phi) is 12.9. The van der Waals surface area contributed by atoms with Crippen molar-refractivity contribution >= 4 is 17.8 Å². The maximum Gasteiger partial charge on any atom is 0.303 e. The first-order valence-corrected chi connectivity index (χ1v) is 19.6. The van der Waals surface area contributed by atoms with E-state index in [9.17, 15) is 19.5 Å². The highest BCUT2D eigenvalue weighted by Crippen LogP contribution is 2.45. The Bertz CT molecular complexity index is 1760. The summed E-state index contributed by atoms with van der Waals surface area (Å²) >= 11 is 0. The fraction of sp³-hybridized carbons (Fsp3) is 0.523. The highest BCUT2D eigenvalue weighted by Gasteiger charge is 2.46. The number of hydrogen-bond acceptors (Lipinski definition) is 7. The topological polar surface area (TPSA) is 137 Å². The van der Waals surface area contributed by atoms with Crippen LogP contribution >= 0.6 is 0 Å². The van der Waals surface area contributed by atoms with Crippen molar-refractivity contribution in [2.45, 2.75) is 128 Å². The maximum absolute atomic E-state index is 13.9. The lowest BCUT2D eigenvalue weighted by molar-refractivity contribution is -0.278. The van der Waals surface area contributed by atoms with E-state index in [2.05, 4.69) is 28.5 Å². The maximum atomic E-state index is 13.9. The SMILES string of the molecule is CC1C(CN2C(C(=O)NC(C)(C)C)CCC3CCCCC32)OC(c2cccc(-c3cccc(CNC(=O)CCC(=O)O)c3)c2)OC1c1ccc(CO)cc1. The van der Waals surface area contributed by atoms with Crippen molar-refractivity contribution in [3.63, 3.8) is 0 Å². The Morgan fingerprint density at radius 1 is 0.833 bits per heavy atom. The number of aliphatic hydroxyl groups excluding tert-OH is 1. The summed E-state index contributed by atoms with van der Waals surface area (Å²) in [6.07, 6.45) is 5.16. The number of amides is 2. The van der Waals surface area contributed by atoms with Crippen LogP contribution in [-0.4, -0.2) is 63.2 Å². The number of likely N-dealkylation sites (tertiary alicyclic amines) is 1. The van der Waals surface area contributed by atoms with Gasteiger partial charge in [0.15, 0.2) is 6.29 Å². The Balaban J connectivity index is 1.28. The minimum absolute atomic E-state index is 0.0258. The second kappa shape index (κ2) is 17.6. The molecule has 4 N–H and O–H groups in total. The van der Waals surface area contributed by atoms with Gasteiger partial charge in [0.2, 0.25) is 11.8 Å². The molecule has 2 aliphatic heterocycles. The molecule has 6 rings (SSSR count). The average Bonchev–Trinajstić information content (AvgIpc) is 3.16. The highest BCUT2D eigenvalue weighted by molar-refractivity contribution is 5.82. The van der Waals surface area contributed by atoms with Gasteiger partial charge in [-0.3, -0.25) is 19.3 Å². The lowest BCUT2D eigenvalue weighted by atomic mass is 9.75. The summed E-state index contributed by atoms with van der Waals surface area (Å²) in [6.45, 7) is 9.18. The zero-order chi connectivity index (χ0) is 38.4. The third-order valence-electron chi connectivity index (χ3n) is 11.3. The highest BCUT2D eigenvalue weighted by atomic mass is 16.7. The van der Waals surface area contributed by atoms with Crippen molar-refractivity contribution in [1.82, 2.24) is 15.5 Å². The zero-order valence-corrected chi connectivity index (χ0v) is 32.1. The van der Waals surface area contributed by atoms with Gasteiger partial charge in [-0.25, -0.2) is 0 Å². The molecule has 54 heavy (non-hydrogen) atoms. The van der Waals surface area contributed by atoms with E-state index in [-0.39, 0.29) is 61.0 Å². The number of carbonyl (C=O) groups is 3. The second-order valence-electron chi connectivity index (χ2n) is 16.5. The van der Waals surface area contributed by atoms with E-state index >= 15 is 0 Å². The van der Waals surface area contributed by atoms with Crippen LogP contribution in [0.15, 0.2) is 72.8 Å². The number of carboxylic acid groups (broad SMARTS) is 1. The average molecular weight is 740 g/mol. The number of nitrogens with one attached hydrogen (secondary N) is 2. The van der Waals surface area contributed by atoms with Crippen molar-refractivity contribution in [2.75, 3.05) is 6.54 Å². The Morgan fingerprint density at radius 2 is 1.56 bits per heavy atom. The summed E-state index contributed by atoms with van der Waals surface area (Å²) in [4.78, 5) is 39.4. The van der Waals surface area contributed by atoms with E-state index in [1.54, 1.807) is 0 Å². The van der Waals surface area contributed by atoms with Gasteiger partial charge < -0.3 is 30.3 Å². The minimum Gasteiger partial charge on any atom is -0.481 e. The molecule has 0 spiro atoms. The number of fused-ring (bicyclic) bond motifs is 1. The van der Waals surface area contributed by atoms with E-state index in [4.69, 9.17) is 14.6 Å². The third-order valence-corrected chi connectivity index (χ3v) is 11.3. The first-order valence-electron chi connectivity index (χ1n) is 19.6. The lowest BCUT2D eigenvalue weighted by Gasteiger charge is -2.51. The molecule has 3 fully saturated rings. The first-order chi connectivity index (χ1) is 25.9. The summed E-state index contributed by atoms with van der Waals surface area (Å²) in [5, 5.41) is 24.7.